The summed E-state index contributed by atoms with van der Waals surface area (Å²) in [5, 5.41) is 3.80. The lowest BCUT2D eigenvalue weighted by molar-refractivity contribution is -0.140. The fraction of sp³-hybridized carbons (Fsp3) is 0.333. The molecule has 0 aliphatic heterocycles. The minimum atomic E-state index is -3.90. The smallest absolute Gasteiger partial charge is 0.244 e. The molecule has 214 valence electrons. The molecule has 1 N–H and O–H groups in total. The summed E-state index contributed by atoms with van der Waals surface area (Å²) < 4.78 is 26.9. The van der Waals surface area contributed by atoms with Gasteiger partial charge >= 0.3 is 0 Å². The largest absolute Gasteiger partial charge is 0.350 e. The standard InChI is InChI=1S/C30H35Cl2N3O4S/c1-21-24(31)16-11-17-26(21)35(40(5,38)39)20-28(36)34(19-23-14-9-10-15-25(23)32)27(29(37)33-30(2,3)4)18-22-12-7-6-8-13-22/h6-17,27H,18-20H2,1-5H3,(H,33,37)/t27-/m1/s1. The van der Waals surface area contributed by atoms with Gasteiger partial charge in [0.15, 0.2) is 0 Å². The molecule has 0 bridgehead atoms. The Balaban J connectivity index is 2.11. The van der Waals surface area contributed by atoms with E-state index in [0.29, 0.717) is 26.9 Å². The lowest BCUT2D eigenvalue weighted by atomic mass is 10.0. The van der Waals surface area contributed by atoms with Crippen molar-refractivity contribution in [2.75, 3.05) is 17.1 Å². The molecule has 0 saturated heterocycles. The molecule has 0 aliphatic carbocycles. The van der Waals surface area contributed by atoms with Crippen molar-refractivity contribution in [3.05, 3.63) is 99.5 Å². The van der Waals surface area contributed by atoms with Crippen molar-refractivity contribution in [2.45, 2.75) is 52.2 Å². The van der Waals surface area contributed by atoms with Crippen LogP contribution in [0, 0.1) is 6.92 Å². The molecule has 0 aromatic heterocycles. The molecule has 3 rings (SSSR count). The summed E-state index contributed by atoms with van der Waals surface area (Å²) in [5.41, 5.74) is 1.72. The Morgan fingerprint density at radius 1 is 0.900 bits per heavy atom. The molecule has 0 unspecified atom stereocenters. The van der Waals surface area contributed by atoms with Crippen molar-refractivity contribution in [3.63, 3.8) is 0 Å². The van der Waals surface area contributed by atoms with Crippen LogP contribution in [0.3, 0.4) is 0 Å². The minimum Gasteiger partial charge on any atom is -0.350 e. The number of nitrogens with zero attached hydrogens (tertiary/aromatic N) is 2. The van der Waals surface area contributed by atoms with E-state index < -0.39 is 34.1 Å². The first-order valence-electron chi connectivity index (χ1n) is 12.8. The van der Waals surface area contributed by atoms with Crippen LogP contribution >= 0.6 is 23.2 Å². The zero-order valence-electron chi connectivity index (χ0n) is 23.3. The highest BCUT2D eigenvalue weighted by molar-refractivity contribution is 7.92. The van der Waals surface area contributed by atoms with Gasteiger partial charge in [0.1, 0.15) is 12.6 Å². The average Bonchev–Trinajstić information content (AvgIpc) is 2.86. The van der Waals surface area contributed by atoms with E-state index in [4.69, 9.17) is 23.2 Å². The van der Waals surface area contributed by atoms with Crippen LogP contribution in [0.5, 0.6) is 0 Å². The van der Waals surface area contributed by atoms with Gasteiger partial charge in [-0.15, -0.1) is 0 Å². The molecule has 0 aliphatic rings. The summed E-state index contributed by atoms with van der Waals surface area (Å²) in [7, 11) is -3.90. The molecular weight excluding hydrogens is 569 g/mol. The molecule has 0 fully saturated rings. The first-order chi connectivity index (χ1) is 18.7. The highest BCUT2D eigenvalue weighted by Crippen LogP contribution is 2.29. The SMILES string of the molecule is Cc1c(Cl)cccc1N(CC(=O)N(Cc1ccccc1Cl)[C@H](Cc1ccccc1)C(=O)NC(C)(C)C)S(C)(=O)=O. The van der Waals surface area contributed by atoms with Gasteiger partial charge in [-0.2, -0.15) is 0 Å². The summed E-state index contributed by atoms with van der Waals surface area (Å²) in [6.07, 6.45) is 1.25. The van der Waals surface area contributed by atoms with E-state index in [1.807, 2.05) is 51.1 Å². The highest BCUT2D eigenvalue weighted by Gasteiger charge is 2.35. The summed E-state index contributed by atoms with van der Waals surface area (Å²) in [6, 6.07) is 20.3. The van der Waals surface area contributed by atoms with Crippen LogP contribution in [0.1, 0.15) is 37.5 Å². The van der Waals surface area contributed by atoms with Crippen molar-refractivity contribution >= 4 is 50.7 Å². The van der Waals surface area contributed by atoms with E-state index in [9.17, 15) is 18.0 Å². The number of rotatable bonds is 10. The Kier molecular flexibility index (Phi) is 10.3. The van der Waals surface area contributed by atoms with Crippen LogP contribution in [0.2, 0.25) is 10.0 Å². The summed E-state index contributed by atoms with van der Waals surface area (Å²) in [4.78, 5) is 29.3. The Hall–Kier alpha value is -3.07. The highest BCUT2D eigenvalue weighted by atomic mass is 35.5. The molecule has 1 atom stereocenters. The molecule has 0 radical (unpaired) electrons. The number of hydrogen-bond donors (Lipinski definition) is 1. The third kappa shape index (κ3) is 8.46. The predicted octanol–water partition coefficient (Wildman–Crippen LogP) is 5.62. The topological polar surface area (TPSA) is 86.8 Å². The number of carbonyl (C=O) groups is 2. The molecule has 0 spiro atoms. The van der Waals surface area contributed by atoms with E-state index in [2.05, 4.69) is 5.32 Å². The third-order valence-corrected chi connectivity index (χ3v) is 8.16. The Morgan fingerprint density at radius 2 is 1.50 bits per heavy atom. The normalized spacial score (nSPS) is 12.5. The average molecular weight is 605 g/mol. The summed E-state index contributed by atoms with van der Waals surface area (Å²) in [5.74, 6) is -0.920. The number of hydrogen-bond acceptors (Lipinski definition) is 4. The van der Waals surface area contributed by atoms with Crippen molar-refractivity contribution < 1.29 is 18.0 Å². The van der Waals surface area contributed by atoms with Gasteiger partial charge < -0.3 is 10.2 Å². The fourth-order valence-electron chi connectivity index (χ4n) is 4.28. The molecule has 7 nitrogen and oxygen atoms in total. The van der Waals surface area contributed by atoms with Gasteiger partial charge in [-0.25, -0.2) is 8.42 Å². The van der Waals surface area contributed by atoms with Gasteiger partial charge in [-0.3, -0.25) is 13.9 Å². The Bertz CT molecular complexity index is 1460. The van der Waals surface area contributed by atoms with E-state index >= 15 is 0 Å². The number of carbonyl (C=O) groups excluding carboxylic acids is 2. The second-order valence-electron chi connectivity index (χ2n) is 10.7. The maximum atomic E-state index is 14.2. The molecule has 2 amide bonds. The lowest BCUT2D eigenvalue weighted by Crippen LogP contribution is -2.56. The number of halogens is 2. The molecular formula is C30H35Cl2N3O4S. The van der Waals surface area contributed by atoms with Gasteiger partial charge in [0.25, 0.3) is 0 Å². The first kappa shape index (κ1) is 31.5. The third-order valence-electron chi connectivity index (χ3n) is 6.25. The van der Waals surface area contributed by atoms with E-state index in [-0.39, 0.29) is 18.9 Å². The van der Waals surface area contributed by atoms with Gasteiger partial charge in [-0.1, -0.05) is 77.8 Å². The summed E-state index contributed by atoms with van der Waals surface area (Å²) >= 11 is 12.8. The molecule has 0 heterocycles. The number of anilines is 1. The monoisotopic (exact) mass is 603 g/mol. The minimum absolute atomic E-state index is 0.000298. The van der Waals surface area contributed by atoms with Gasteiger partial charge in [0.05, 0.1) is 11.9 Å². The van der Waals surface area contributed by atoms with Crippen LogP contribution in [0.25, 0.3) is 0 Å². The molecule has 40 heavy (non-hydrogen) atoms. The Morgan fingerprint density at radius 3 is 2.10 bits per heavy atom. The molecule has 0 saturated carbocycles. The Labute approximate surface area is 247 Å². The van der Waals surface area contributed by atoms with Gasteiger partial charge in [0, 0.05) is 28.5 Å². The van der Waals surface area contributed by atoms with E-state index in [0.717, 1.165) is 16.1 Å². The van der Waals surface area contributed by atoms with E-state index in [1.54, 1.807) is 49.4 Å². The van der Waals surface area contributed by atoms with E-state index in [1.165, 1.54) is 4.90 Å². The zero-order chi connectivity index (χ0) is 29.7. The number of sulfonamides is 1. The predicted molar refractivity (Wildman–Crippen MR) is 162 cm³/mol. The van der Waals surface area contributed by atoms with Crippen LogP contribution in [0.15, 0.2) is 72.8 Å². The van der Waals surface area contributed by atoms with Crippen LogP contribution in [0.4, 0.5) is 5.69 Å². The van der Waals surface area contributed by atoms with Crippen molar-refractivity contribution in [3.8, 4) is 0 Å². The van der Waals surface area contributed by atoms with Crippen LogP contribution in [-0.2, 0) is 32.6 Å². The molecule has 3 aromatic carbocycles. The fourth-order valence-corrected chi connectivity index (χ4v) is 5.54. The van der Waals surface area contributed by atoms with Gasteiger partial charge in [0.2, 0.25) is 21.8 Å². The molecule has 3 aromatic rings. The van der Waals surface area contributed by atoms with Crippen LogP contribution in [-0.4, -0.2) is 49.5 Å². The van der Waals surface area contributed by atoms with Crippen molar-refractivity contribution in [2.24, 2.45) is 0 Å². The number of amides is 2. The second kappa shape index (κ2) is 13.1. The van der Waals surface area contributed by atoms with Crippen molar-refractivity contribution in [1.29, 1.82) is 0 Å². The number of nitrogens with one attached hydrogen (secondary N) is 1. The second-order valence-corrected chi connectivity index (χ2v) is 13.4. The maximum Gasteiger partial charge on any atom is 0.244 e. The number of benzene rings is 3. The van der Waals surface area contributed by atoms with Gasteiger partial charge in [-0.05, 0) is 62.6 Å². The lowest BCUT2D eigenvalue weighted by Gasteiger charge is -2.35. The van der Waals surface area contributed by atoms with Crippen molar-refractivity contribution in [1.82, 2.24) is 10.2 Å². The summed E-state index contributed by atoms with van der Waals surface area (Å²) in [6.45, 7) is 6.74. The zero-order valence-corrected chi connectivity index (χ0v) is 25.6. The molecule has 10 heteroatoms. The quantitative estimate of drug-likeness (QED) is 0.326. The maximum absolute atomic E-state index is 14.2. The first-order valence-corrected chi connectivity index (χ1v) is 15.4. The van der Waals surface area contributed by atoms with Crippen LogP contribution < -0.4 is 9.62 Å².